The molecule has 0 saturated heterocycles. The zero-order valence-electron chi connectivity index (χ0n) is 13.8. The van der Waals surface area contributed by atoms with Gasteiger partial charge in [-0.2, -0.15) is 0 Å². The second-order valence-electron chi connectivity index (χ2n) is 5.40. The third-order valence-corrected chi connectivity index (χ3v) is 3.26. The highest BCUT2D eigenvalue weighted by Crippen LogP contribution is 2.38. The van der Waals surface area contributed by atoms with Gasteiger partial charge in [0.15, 0.2) is 13.6 Å². The standard InChI is InChI=1S/C7H10.2C5H8O3/c1-2-7-4-3-6(1)5-7;2*1-4(2)5(7)8-3-6/h1-2,6-7H,3-5H2;2*6H,1,3H2,2H3. The van der Waals surface area contributed by atoms with Gasteiger partial charge >= 0.3 is 11.9 Å². The van der Waals surface area contributed by atoms with Crippen LogP contribution in [0.4, 0.5) is 0 Å². The van der Waals surface area contributed by atoms with Crippen LogP contribution in [-0.4, -0.2) is 35.7 Å². The molecule has 2 rings (SSSR count). The summed E-state index contributed by atoms with van der Waals surface area (Å²) in [6.07, 6.45) is 9.19. The summed E-state index contributed by atoms with van der Waals surface area (Å²) in [5, 5.41) is 16.0. The van der Waals surface area contributed by atoms with Gasteiger partial charge in [-0.15, -0.1) is 0 Å². The number of aliphatic hydroxyl groups is 2. The topological polar surface area (TPSA) is 93.1 Å². The van der Waals surface area contributed by atoms with Gasteiger partial charge in [-0.3, -0.25) is 0 Å². The van der Waals surface area contributed by atoms with E-state index in [9.17, 15) is 9.59 Å². The van der Waals surface area contributed by atoms with Crippen LogP contribution in [-0.2, 0) is 19.1 Å². The molecule has 1 fully saturated rings. The number of ether oxygens (including phenoxy) is 2. The smallest absolute Gasteiger partial charge is 0.335 e. The number of rotatable bonds is 4. The zero-order valence-corrected chi connectivity index (χ0v) is 13.8. The fourth-order valence-electron chi connectivity index (χ4n) is 2.08. The highest BCUT2D eigenvalue weighted by atomic mass is 16.6. The van der Waals surface area contributed by atoms with E-state index in [1.165, 1.54) is 33.1 Å². The Morgan fingerprint density at radius 1 is 0.957 bits per heavy atom. The average Bonchev–Trinajstić information content (AvgIpc) is 3.14. The Morgan fingerprint density at radius 2 is 1.30 bits per heavy atom. The number of fused-ring (bicyclic) bond motifs is 2. The van der Waals surface area contributed by atoms with E-state index in [0.29, 0.717) is 11.1 Å². The molecule has 23 heavy (non-hydrogen) atoms. The van der Waals surface area contributed by atoms with Gasteiger partial charge in [0, 0.05) is 11.1 Å². The molecule has 6 nitrogen and oxygen atoms in total. The molecule has 1 saturated carbocycles. The van der Waals surface area contributed by atoms with Crippen LogP contribution in [0.3, 0.4) is 0 Å². The third kappa shape index (κ3) is 9.65. The van der Waals surface area contributed by atoms with Crippen LogP contribution >= 0.6 is 0 Å². The molecular weight excluding hydrogens is 300 g/mol. The summed E-state index contributed by atoms with van der Waals surface area (Å²) >= 11 is 0. The maximum absolute atomic E-state index is 10.3. The van der Waals surface area contributed by atoms with E-state index >= 15 is 0 Å². The van der Waals surface area contributed by atoms with Crippen molar-refractivity contribution >= 4 is 11.9 Å². The van der Waals surface area contributed by atoms with Crippen LogP contribution in [0.15, 0.2) is 36.5 Å². The van der Waals surface area contributed by atoms with E-state index in [1.54, 1.807) is 0 Å². The number of hydrogen-bond donors (Lipinski definition) is 2. The number of carbonyl (C=O) groups excluding carboxylic acids is 2. The number of aliphatic hydroxyl groups excluding tert-OH is 2. The van der Waals surface area contributed by atoms with E-state index in [-0.39, 0.29) is 0 Å². The summed E-state index contributed by atoms with van der Waals surface area (Å²) in [5.74, 6) is 0.856. The van der Waals surface area contributed by atoms with Gasteiger partial charge in [0.05, 0.1) is 0 Å². The Labute approximate surface area is 137 Å². The van der Waals surface area contributed by atoms with E-state index in [0.717, 1.165) is 11.8 Å². The van der Waals surface area contributed by atoms with Crippen molar-refractivity contribution in [2.75, 3.05) is 13.6 Å². The molecule has 0 aromatic heterocycles. The maximum atomic E-state index is 10.3. The molecule has 2 bridgehead atoms. The molecule has 2 aliphatic rings. The van der Waals surface area contributed by atoms with Crippen molar-refractivity contribution in [3.05, 3.63) is 36.5 Å². The molecule has 130 valence electrons. The molecule has 0 amide bonds. The van der Waals surface area contributed by atoms with Gasteiger partial charge in [-0.1, -0.05) is 25.3 Å². The monoisotopic (exact) mass is 326 g/mol. The highest BCUT2D eigenvalue weighted by Gasteiger charge is 2.25. The van der Waals surface area contributed by atoms with Gasteiger partial charge in [-0.25, -0.2) is 9.59 Å². The molecule has 6 heteroatoms. The molecule has 2 atom stereocenters. The first-order chi connectivity index (χ1) is 10.8. The number of hydrogen-bond acceptors (Lipinski definition) is 6. The molecule has 2 N–H and O–H groups in total. The first-order valence-electron chi connectivity index (χ1n) is 7.37. The molecule has 0 aromatic rings. The molecule has 2 aliphatic carbocycles. The zero-order chi connectivity index (χ0) is 17.8. The first-order valence-corrected chi connectivity index (χ1v) is 7.37. The SMILES string of the molecule is C1=CC2CCC1C2.C=C(C)C(=O)OCO.C=C(C)C(=O)OCO. The van der Waals surface area contributed by atoms with Crippen LogP contribution < -0.4 is 0 Å². The average molecular weight is 326 g/mol. The summed E-state index contributed by atoms with van der Waals surface area (Å²) in [6.45, 7) is 8.44. The van der Waals surface area contributed by atoms with Gasteiger partial charge in [0.25, 0.3) is 0 Å². The van der Waals surface area contributed by atoms with Crippen molar-refractivity contribution < 1.29 is 29.3 Å². The Kier molecular flexibility index (Phi) is 10.7. The van der Waals surface area contributed by atoms with E-state index in [1.807, 2.05) is 0 Å². The normalized spacial score (nSPS) is 19.7. The maximum Gasteiger partial charge on any atom is 0.335 e. The lowest BCUT2D eigenvalue weighted by Gasteiger charge is -1.96. The minimum atomic E-state index is -0.578. The summed E-state index contributed by atoms with van der Waals surface area (Å²) < 4.78 is 8.24. The number of esters is 2. The second kappa shape index (κ2) is 11.6. The number of allylic oxidation sites excluding steroid dienone is 2. The van der Waals surface area contributed by atoms with Crippen LogP contribution in [0.2, 0.25) is 0 Å². The first kappa shape index (κ1) is 21.1. The van der Waals surface area contributed by atoms with Crippen molar-refractivity contribution in [1.29, 1.82) is 0 Å². The van der Waals surface area contributed by atoms with Crippen LogP contribution in [0.5, 0.6) is 0 Å². The Morgan fingerprint density at radius 3 is 1.39 bits per heavy atom. The van der Waals surface area contributed by atoms with E-state index in [2.05, 4.69) is 34.8 Å². The van der Waals surface area contributed by atoms with Crippen LogP contribution in [0, 0.1) is 11.8 Å². The summed E-state index contributed by atoms with van der Waals surface area (Å²) in [6, 6.07) is 0. The second-order valence-corrected chi connectivity index (χ2v) is 5.40. The Hall–Kier alpha value is -1.92. The van der Waals surface area contributed by atoms with Gasteiger partial charge < -0.3 is 19.7 Å². The third-order valence-electron chi connectivity index (χ3n) is 3.26. The van der Waals surface area contributed by atoms with E-state index in [4.69, 9.17) is 10.2 Å². The lowest BCUT2D eigenvalue weighted by Crippen LogP contribution is -2.04. The molecule has 0 heterocycles. The summed E-state index contributed by atoms with van der Waals surface area (Å²) in [5.41, 5.74) is 0.582. The Balaban J connectivity index is 0.000000315. The van der Waals surface area contributed by atoms with E-state index < -0.39 is 25.5 Å². The molecular formula is C17H26O6. The van der Waals surface area contributed by atoms with Crippen molar-refractivity contribution in [1.82, 2.24) is 0 Å². The lowest BCUT2D eigenvalue weighted by atomic mass is 10.1. The quantitative estimate of drug-likeness (QED) is 0.356. The molecule has 0 radical (unpaired) electrons. The summed E-state index contributed by atoms with van der Waals surface area (Å²) in [4.78, 5) is 20.5. The van der Waals surface area contributed by atoms with Crippen molar-refractivity contribution in [3.8, 4) is 0 Å². The predicted molar refractivity (Wildman–Crippen MR) is 86.0 cm³/mol. The largest absolute Gasteiger partial charge is 0.435 e. The number of carbonyl (C=O) groups is 2. The van der Waals surface area contributed by atoms with Gasteiger partial charge in [-0.05, 0) is 44.9 Å². The minimum absolute atomic E-state index is 0.291. The molecule has 2 unspecified atom stereocenters. The van der Waals surface area contributed by atoms with Crippen LogP contribution in [0.25, 0.3) is 0 Å². The van der Waals surface area contributed by atoms with Crippen molar-refractivity contribution in [2.45, 2.75) is 33.1 Å². The lowest BCUT2D eigenvalue weighted by molar-refractivity contribution is -0.147. The summed E-state index contributed by atoms with van der Waals surface area (Å²) in [7, 11) is 0. The highest BCUT2D eigenvalue weighted by molar-refractivity contribution is 5.87. The van der Waals surface area contributed by atoms with Crippen molar-refractivity contribution in [2.24, 2.45) is 11.8 Å². The fourth-order valence-corrected chi connectivity index (χ4v) is 2.08. The molecule has 0 aromatic carbocycles. The molecule has 0 aliphatic heterocycles. The minimum Gasteiger partial charge on any atom is -0.435 e. The van der Waals surface area contributed by atoms with Gasteiger partial charge in [0.1, 0.15) is 0 Å². The van der Waals surface area contributed by atoms with Gasteiger partial charge in [0.2, 0.25) is 0 Å². The predicted octanol–water partition coefficient (Wildman–Crippen LogP) is 2.08. The fraction of sp³-hybridized carbons (Fsp3) is 0.529. The molecule has 0 spiro atoms. The van der Waals surface area contributed by atoms with Crippen molar-refractivity contribution in [3.63, 3.8) is 0 Å². The Bertz CT molecular complexity index is 412. The van der Waals surface area contributed by atoms with Crippen LogP contribution in [0.1, 0.15) is 33.1 Å².